The van der Waals surface area contributed by atoms with Gasteiger partial charge in [-0.3, -0.25) is 4.79 Å². The molecule has 0 amide bonds. The van der Waals surface area contributed by atoms with Gasteiger partial charge in [-0.2, -0.15) is 0 Å². The summed E-state index contributed by atoms with van der Waals surface area (Å²) >= 11 is 0. The van der Waals surface area contributed by atoms with Crippen LogP contribution in [-0.4, -0.2) is 48.4 Å². The summed E-state index contributed by atoms with van der Waals surface area (Å²) in [6.45, 7) is 9.60. The lowest BCUT2D eigenvalue weighted by Gasteiger charge is -2.19. The van der Waals surface area contributed by atoms with Crippen LogP contribution in [0, 0.1) is 0 Å². The molecule has 176 valence electrons. The molecule has 0 aliphatic rings. The second-order valence-electron chi connectivity index (χ2n) is 8.89. The van der Waals surface area contributed by atoms with Crippen molar-refractivity contribution in [1.29, 1.82) is 0 Å². The fourth-order valence-electron chi connectivity index (χ4n) is 3.19. The van der Waals surface area contributed by atoms with E-state index in [2.05, 4.69) is 5.32 Å². The number of unbranched alkanes of at least 4 members (excludes halogenated alkanes) is 4. The molecule has 0 saturated heterocycles. The van der Waals surface area contributed by atoms with Gasteiger partial charge in [0.2, 0.25) is 0 Å². The van der Waals surface area contributed by atoms with E-state index in [1.54, 1.807) is 6.92 Å². The molecule has 31 heavy (non-hydrogen) atoms. The van der Waals surface area contributed by atoms with Gasteiger partial charge in [0.1, 0.15) is 5.60 Å². The third-order valence-corrected chi connectivity index (χ3v) is 4.76. The Morgan fingerprint density at radius 1 is 0.968 bits per heavy atom. The Morgan fingerprint density at radius 2 is 1.58 bits per heavy atom. The number of aliphatic hydroxyl groups is 1. The first-order valence-corrected chi connectivity index (χ1v) is 11.6. The van der Waals surface area contributed by atoms with Gasteiger partial charge in [0.25, 0.3) is 0 Å². The highest BCUT2D eigenvalue weighted by Gasteiger charge is 2.16. The van der Waals surface area contributed by atoms with Gasteiger partial charge in [-0.05, 0) is 71.2 Å². The minimum Gasteiger partial charge on any atom is -0.464 e. The third kappa shape index (κ3) is 13.9. The van der Waals surface area contributed by atoms with Crippen LogP contribution in [0.15, 0.2) is 24.3 Å². The molecule has 6 heteroatoms. The topological polar surface area (TPSA) is 84.9 Å². The number of carbonyl (C=O) groups is 2. The average Bonchev–Trinajstić information content (AvgIpc) is 2.69. The lowest BCUT2D eigenvalue weighted by atomic mass is 10.0. The lowest BCUT2D eigenvalue weighted by Crippen LogP contribution is -2.25. The molecule has 1 atom stereocenters. The van der Waals surface area contributed by atoms with E-state index in [0.717, 1.165) is 50.8 Å². The normalized spacial score (nSPS) is 12.4. The highest BCUT2D eigenvalue weighted by molar-refractivity contribution is 5.74. The van der Waals surface area contributed by atoms with Crippen molar-refractivity contribution in [2.75, 3.05) is 19.7 Å². The summed E-state index contributed by atoms with van der Waals surface area (Å²) in [6.07, 6.45) is 6.03. The summed E-state index contributed by atoms with van der Waals surface area (Å²) < 4.78 is 10.1. The maximum Gasteiger partial charge on any atom is 0.335 e. The fourth-order valence-corrected chi connectivity index (χ4v) is 3.19. The van der Waals surface area contributed by atoms with E-state index < -0.39 is 17.7 Å². The quantitative estimate of drug-likeness (QED) is 0.320. The molecule has 2 N–H and O–H groups in total. The van der Waals surface area contributed by atoms with Crippen LogP contribution in [0.2, 0.25) is 0 Å². The molecule has 0 saturated carbocycles. The van der Waals surface area contributed by atoms with Crippen molar-refractivity contribution in [2.45, 2.75) is 90.8 Å². The molecule has 0 spiro atoms. The molecule has 0 bridgehead atoms. The zero-order valence-electron chi connectivity index (χ0n) is 19.7. The Labute approximate surface area is 187 Å². The maximum absolute atomic E-state index is 11.6. The van der Waals surface area contributed by atoms with E-state index in [0.29, 0.717) is 6.42 Å². The molecule has 0 heterocycles. The van der Waals surface area contributed by atoms with Crippen molar-refractivity contribution in [3.05, 3.63) is 35.4 Å². The Kier molecular flexibility index (Phi) is 13.1. The molecule has 0 radical (unpaired) electrons. The van der Waals surface area contributed by atoms with Crippen LogP contribution in [0.4, 0.5) is 0 Å². The maximum atomic E-state index is 11.6. The predicted octanol–water partition coefficient (Wildman–Crippen LogP) is 3.97. The van der Waals surface area contributed by atoms with Gasteiger partial charge in [0.15, 0.2) is 6.10 Å². The molecule has 0 aliphatic carbocycles. The fraction of sp³-hybridized carbons (Fsp3) is 0.680. The lowest BCUT2D eigenvalue weighted by molar-refractivity contribution is -0.155. The van der Waals surface area contributed by atoms with E-state index in [-0.39, 0.29) is 19.0 Å². The van der Waals surface area contributed by atoms with Crippen LogP contribution in [0.1, 0.15) is 77.3 Å². The predicted molar refractivity (Wildman–Crippen MR) is 123 cm³/mol. The molecule has 0 aromatic heterocycles. The Balaban J connectivity index is 2.04. The summed E-state index contributed by atoms with van der Waals surface area (Å²) in [5.41, 5.74) is 1.75. The summed E-state index contributed by atoms with van der Waals surface area (Å²) in [7, 11) is 0. The number of hydrogen-bond acceptors (Lipinski definition) is 6. The van der Waals surface area contributed by atoms with Gasteiger partial charge in [-0.15, -0.1) is 0 Å². The molecule has 1 unspecified atom stereocenters. The molecular weight excluding hydrogens is 394 g/mol. The number of esters is 2. The van der Waals surface area contributed by atoms with Crippen LogP contribution in [0.5, 0.6) is 0 Å². The van der Waals surface area contributed by atoms with E-state index in [9.17, 15) is 14.7 Å². The van der Waals surface area contributed by atoms with E-state index in [1.807, 2.05) is 45.0 Å². The van der Waals surface area contributed by atoms with Gasteiger partial charge >= 0.3 is 11.9 Å². The van der Waals surface area contributed by atoms with Gasteiger partial charge in [-0.25, -0.2) is 4.79 Å². The van der Waals surface area contributed by atoms with E-state index >= 15 is 0 Å². The van der Waals surface area contributed by atoms with Crippen molar-refractivity contribution < 1.29 is 24.2 Å². The summed E-state index contributed by atoms with van der Waals surface area (Å²) in [5.74, 6) is -0.670. The van der Waals surface area contributed by atoms with Crippen LogP contribution >= 0.6 is 0 Å². The minimum absolute atomic E-state index is 0.0997. The number of ether oxygens (including phenoxy) is 2. The van der Waals surface area contributed by atoms with E-state index in [1.165, 1.54) is 12.0 Å². The molecule has 0 fully saturated rings. The van der Waals surface area contributed by atoms with Crippen molar-refractivity contribution >= 4 is 11.9 Å². The first-order chi connectivity index (χ1) is 14.7. The third-order valence-electron chi connectivity index (χ3n) is 4.76. The second kappa shape index (κ2) is 15.0. The summed E-state index contributed by atoms with van der Waals surface area (Å²) in [5, 5.41) is 13.3. The zero-order valence-corrected chi connectivity index (χ0v) is 19.7. The van der Waals surface area contributed by atoms with Crippen molar-refractivity contribution in [3.8, 4) is 0 Å². The standard InChI is InChI=1S/C25H41NO5/c1-5-30-24(29)22(27)19-21-14-12-20(13-15-21)16-18-26-17-10-8-6-7-9-11-23(28)31-25(2,3)4/h12-15,22,26-27H,5-11,16-19H2,1-4H3. The molecule has 1 rings (SSSR count). The average molecular weight is 436 g/mol. The van der Waals surface area contributed by atoms with Gasteiger partial charge in [0.05, 0.1) is 6.61 Å². The van der Waals surface area contributed by atoms with Crippen molar-refractivity contribution in [3.63, 3.8) is 0 Å². The van der Waals surface area contributed by atoms with Gasteiger partial charge in [0, 0.05) is 12.8 Å². The van der Waals surface area contributed by atoms with Gasteiger partial charge < -0.3 is 19.9 Å². The van der Waals surface area contributed by atoms with Crippen molar-refractivity contribution in [2.24, 2.45) is 0 Å². The van der Waals surface area contributed by atoms with Crippen LogP contribution < -0.4 is 5.32 Å². The number of benzene rings is 1. The summed E-state index contributed by atoms with van der Waals surface area (Å²) in [6, 6.07) is 7.99. The number of nitrogens with one attached hydrogen (secondary N) is 1. The smallest absolute Gasteiger partial charge is 0.335 e. The molecular formula is C25H41NO5. The van der Waals surface area contributed by atoms with Crippen LogP contribution in [0.3, 0.4) is 0 Å². The Bertz CT molecular complexity index is 636. The number of aliphatic hydroxyl groups excluding tert-OH is 1. The molecule has 1 aromatic rings. The van der Waals surface area contributed by atoms with Gasteiger partial charge in [-0.1, -0.05) is 43.5 Å². The molecule has 0 aliphatic heterocycles. The van der Waals surface area contributed by atoms with Crippen LogP contribution in [-0.2, 0) is 31.9 Å². The molecule has 6 nitrogen and oxygen atoms in total. The first-order valence-electron chi connectivity index (χ1n) is 11.6. The van der Waals surface area contributed by atoms with Crippen molar-refractivity contribution in [1.82, 2.24) is 5.32 Å². The number of hydrogen-bond donors (Lipinski definition) is 2. The minimum atomic E-state index is -1.11. The monoisotopic (exact) mass is 435 g/mol. The zero-order chi connectivity index (χ0) is 23.1. The first kappa shape index (κ1) is 27.1. The van der Waals surface area contributed by atoms with Crippen LogP contribution in [0.25, 0.3) is 0 Å². The highest BCUT2D eigenvalue weighted by Crippen LogP contribution is 2.12. The van der Waals surface area contributed by atoms with E-state index in [4.69, 9.17) is 9.47 Å². The second-order valence-corrected chi connectivity index (χ2v) is 8.89. The Hall–Kier alpha value is -1.92. The Morgan fingerprint density at radius 3 is 2.23 bits per heavy atom. The summed E-state index contributed by atoms with van der Waals surface area (Å²) in [4.78, 5) is 23.1. The highest BCUT2D eigenvalue weighted by atomic mass is 16.6. The molecule has 1 aromatic carbocycles. The largest absolute Gasteiger partial charge is 0.464 e. The number of rotatable bonds is 15. The number of carbonyl (C=O) groups excluding carboxylic acids is 2. The SMILES string of the molecule is CCOC(=O)C(O)Cc1ccc(CCNCCCCCCCC(=O)OC(C)(C)C)cc1.